The fraction of sp³-hybridized carbons (Fsp3) is 1.00. The molecule has 0 aromatic rings. The third-order valence-electron chi connectivity index (χ3n) is 3.33. The molecule has 0 saturated carbocycles. The fourth-order valence-corrected chi connectivity index (χ4v) is 1.57. The van der Waals surface area contributed by atoms with E-state index < -0.39 is 0 Å². The third-order valence-corrected chi connectivity index (χ3v) is 3.33. The second kappa shape index (κ2) is 13.3. The Hall–Kier alpha value is -0.120. The molecule has 0 N–H and O–H groups in total. The summed E-state index contributed by atoms with van der Waals surface area (Å²) in [6.07, 6.45) is 4.94. The molecule has 0 aromatic heterocycles. The molecule has 1 unspecified atom stereocenters. The van der Waals surface area contributed by atoms with E-state index in [0.717, 1.165) is 45.3 Å². The SMILES string of the molecule is CCCCN(C)CCOCCOCCC(C)CC. The number of rotatable bonds is 13. The van der Waals surface area contributed by atoms with E-state index in [-0.39, 0.29) is 0 Å². The van der Waals surface area contributed by atoms with Crippen molar-refractivity contribution in [2.75, 3.05) is 46.6 Å². The molecule has 0 radical (unpaired) electrons. The first-order valence-corrected chi connectivity index (χ1v) is 7.54. The number of hydrogen-bond acceptors (Lipinski definition) is 3. The van der Waals surface area contributed by atoms with E-state index in [2.05, 4.69) is 32.7 Å². The summed E-state index contributed by atoms with van der Waals surface area (Å²) >= 11 is 0. The van der Waals surface area contributed by atoms with Crippen LogP contribution in [0.5, 0.6) is 0 Å². The number of nitrogens with zero attached hydrogens (tertiary/aromatic N) is 1. The summed E-state index contributed by atoms with van der Waals surface area (Å²) in [5.41, 5.74) is 0. The van der Waals surface area contributed by atoms with Gasteiger partial charge in [-0.25, -0.2) is 0 Å². The lowest BCUT2D eigenvalue weighted by molar-refractivity contribution is 0.0370. The van der Waals surface area contributed by atoms with Gasteiger partial charge >= 0.3 is 0 Å². The van der Waals surface area contributed by atoms with Gasteiger partial charge in [-0.05, 0) is 32.4 Å². The van der Waals surface area contributed by atoms with Crippen LogP contribution in [0.3, 0.4) is 0 Å². The van der Waals surface area contributed by atoms with E-state index in [1.807, 2.05) is 0 Å². The largest absolute Gasteiger partial charge is 0.379 e. The van der Waals surface area contributed by atoms with Crippen molar-refractivity contribution in [3.8, 4) is 0 Å². The van der Waals surface area contributed by atoms with Crippen LogP contribution in [0.1, 0.15) is 46.5 Å². The van der Waals surface area contributed by atoms with Gasteiger partial charge in [0.1, 0.15) is 0 Å². The van der Waals surface area contributed by atoms with Gasteiger partial charge in [0.15, 0.2) is 0 Å². The zero-order valence-electron chi connectivity index (χ0n) is 12.9. The van der Waals surface area contributed by atoms with Gasteiger partial charge in [-0.3, -0.25) is 0 Å². The average Bonchev–Trinajstić information content (AvgIpc) is 2.38. The van der Waals surface area contributed by atoms with E-state index in [1.54, 1.807) is 0 Å². The molecule has 0 spiro atoms. The Kier molecular flexibility index (Phi) is 13.2. The summed E-state index contributed by atoms with van der Waals surface area (Å²) in [7, 11) is 2.15. The van der Waals surface area contributed by atoms with Crippen molar-refractivity contribution in [3.05, 3.63) is 0 Å². The first-order valence-electron chi connectivity index (χ1n) is 7.54. The number of ether oxygens (including phenoxy) is 2. The van der Waals surface area contributed by atoms with Crippen molar-refractivity contribution in [1.82, 2.24) is 4.90 Å². The number of likely N-dealkylation sites (N-methyl/N-ethyl adjacent to an activating group) is 1. The first-order chi connectivity index (χ1) is 8.70. The van der Waals surface area contributed by atoms with Gasteiger partial charge in [0.05, 0.1) is 19.8 Å². The molecular formula is C15H33NO2. The van der Waals surface area contributed by atoms with Gasteiger partial charge in [-0.15, -0.1) is 0 Å². The molecule has 0 amide bonds. The van der Waals surface area contributed by atoms with Gasteiger partial charge in [0.2, 0.25) is 0 Å². The van der Waals surface area contributed by atoms with Crippen LogP contribution in [-0.4, -0.2) is 51.5 Å². The van der Waals surface area contributed by atoms with Crippen LogP contribution in [0.4, 0.5) is 0 Å². The second-order valence-electron chi connectivity index (χ2n) is 5.18. The van der Waals surface area contributed by atoms with Crippen LogP contribution in [0.15, 0.2) is 0 Å². The number of unbranched alkanes of at least 4 members (excludes halogenated alkanes) is 1. The number of hydrogen-bond donors (Lipinski definition) is 0. The molecule has 0 aliphatic carbocycles. The highest BCUT2D eigenvalue weighted by molar-refractivity contribution is 4.50. The monoisotopic (exact) mass is 259 g/mol. The van der Waals surface area contributed by atoms with Gasteiger partial charge in [-0.1, -0.05) is 33.6 Å². The molecule has 0 rings (SSSR count). The maximum Gasteiger partial charge on any atom is 0.0701 e. The quantitative estimate of drug-likeness (QED) is 0.474. The van der Waals surface area contributed by atoms with Crippen LogP contribution >= 0.6 is 0 Å². The van der Waals surface area contributed by atoms with Crippen molar-refractivity contribution in [2.45, 2.75) is 46.5 Å². The van der Waals surface area contributed by atoms with Crippen LogP contribution < -0.4 is 0 Å². The summed E-state index contributed by atoms with van der Waals surface area (Å²) < 4.78 is 11.1. The van der Waals surface area contributed by atoms with Crippen molar-refractivity contribution in [1.29, 1.82) is 0 Å². The molecule has 0 bridgehead atoms. The molecule has 0 heterocycles. The molecule has 110 valence electrons. The summed E-state index contributed by atoms with van der Waals surface area (Å²) in [5.74, 6) is 0.776. The molecule has 0 saturated heterocycles. The molecule has 3 nitrogen and oxygen atoms in total. The van der Waals surface area contributed by atoms with Crippen LogP contribution in [0.25, 0.3) is 0 Å². The van der Waals surface area contributed by atoms with Crippen molar-refractivity contribution in [3.63, 3.8) is 0 Å². The topological polar surface area (TPSA) is 21.7 Å². The molecule has 0 aromatic carbocycles. The highest BCUT2D eigenvalue weighted by Crippen LogP contribution is 2.05. The van der Waals surface area contributed by atoms with E-state index >= 15 is 0 Å². The highest BCUT2D eigenvalue weighted by atomic mass is 16.5. The van der Waals surface area contributed by atoms with Gasteiger partial charge < -0.3 is 14.4 Å². The molecular weight excluding hydrogens is 226 g/mol. The lowest BCUT2D eigenvalue weighted by Crippen LogP contribution is -2.24. The minimum absolute atomic E-state index is 0.724. The third kappa shape index (κ3) is 12.3. The maximum absolute atomic E-state index is 5.55. The Bertz CT molecular complexity index is 165. The normalized spacial score (nSPS) is 13.2. The van der Waals surface area contributed by atoms with Crippen molar-refractivity contribution < 1.29 is 9.47 Å². The lowest BCUT2D eigenvalue weighted by Gasteiger charge is -2.16. The Morgan fingerprint density at radius 2 is 1.61 bits per heavy atom. The molecule has 0 aliphatic rings. The zero-order chi connectivity index (χ0) is 13.6. The second-order valence-corrected chi connectivity index (χ2v) is 5.18. The minimum Gasteiger partial charge on any atom is -0.379 e. The summed E-state index contributed by atoms with van der Waals surface area (Å²) in [4.78, 5) is 2.33. The summed E-state index contributed by atoms with van der Waals surface area (Å²) in [6.45, 7) is 12.1. The maximum atomic E-state index is 5.55. The average molecular weight is 259 g/mol. The predicted molar refractivity (Wildman–Crippen MR) is 78.1 cm³/mol. The molecule has 18 heavy (non-hydrogen) atoms. The highest BCUT2D eigenvalue weighted by Gasteiger charge is 1.99. The van der Waals surface area contributed by atoms with Gasteiger partial charge in [0, 0.05) is 13.2 Å². The molecule has 0 aliphatic heterocycles. The van der Waals surface area contributed by atoms with Crippen molar-refractivity contribution in [2.24, 2.45) is 5.92 Å². The lowest BCUT2D eigenvalue weighted by atomic mass is 10.1. The zero-order valence-corrected chi connectivity index (χ0v) is 12.9. The Morgan fingerprint density at radius 1 is 0.944 bits per heavy atom. The van der Waals surface area contributed by atoms with E-state index in [4.69, 9.17) is 9.47 Å². The van der Waals surface area contributed by atoms with Crippen LogP contribution in [0.2, 0.25) is 0 Å². The van der Waals surface area contributed by atoms with Gasteiger partial charge in [0.25, 0.3) is 0 Å². The fourth-order valence-electron chi connectivity index (χ4n) is 1.57. The Balaban J connectivity index is 3.11. The van der Waals surface area contributed by atoms with Gasteiger partial charge in [-0.2, -0.15) is 0 Å². The van der Waals surface area contributed by atoms with Crippen molar-refractivity contribution >= 4 is 0 Å². The predicted octanol–water partition coefficient (Wildman–Crippen LogP) is 3.19. The van der Waals surface area contributed by atoms with Crippen LogP contribution in [-0.2, 0) is 9.47 Å². The van der Waals surface area contributed by atoms with E-state index in [0.29, 0.717) is 0 Å². The van der Waals surface area contributed by atoms with Crippen LogP contribution in [0, 0.1) is 5.92 Å². The van der Waals surface area contributed by atoms with E-state index in [1.165, 1.54) is 25.8 Å². The Morgan fingerprint density at radius 3 is 2.22 bits per heavy atom. The Labute approximate surface area is 114 Å². The molecule has 3 heteroatoms. The summed E-state index contributed by atoms with van der Waals surface area (Å²) in [6, 6.07) is 0. The molecule has 1 atom stereocenters. The van der Waals surface area contributed by atoms with E-state index in [9.17, 15) is 0 Å². The standard InChI is InChI=1S/C15H33NO2/c1-5-7-9-16(4)10-12-18-14-13-17-11-8-15(3)6-2/h15H,5-14H2,1-4H3. The smallest absolute Gasteiger partial charge is 0.0701 e. The summed E-state index contributed by atoms with van der Waals surface area (Å²) in [5, 5.41) is 0. The first kappa shape index (κ1) is 17.9. The molecule has 0 fully saturated rings. The minimum atomic E-state index is 0.724.